The zero-order valence-corrected chi connectivity index (χ0v) is 25.4. The van der Waals surface area contributed by atoms with Crippen molar-refractivity contribution in [3.8, 4) is 5.75 Å². The molecular weight excluding hydrogens is 606 g/mol. The molecule has 0 radical (unpaired) electrons. The van der Waals surface area contributed by atoms with Gasteiger partial charge in [-0.25, -0.2) is 14.2 Å². The van der Waals surface area contributed by atoms with E-state index in [0.29, 0.717) is 53.4 Å². The van der Waals surface area contributed by atoms with Gasteiger partial charge in [0.05, 0.1) is 53.6 Å². The van der Waals surface area contributed by atoms with Gasteiger partial charge in [-0.1, -0.05) is 23.7 Å². The van der Waals surface area contributed by atoms with Crippen LogP contribution in [0.5, 0.6) is 5.75 Å². The van der Waals surface area contributed by atoms with Crippen LogP contribution < -0.4 is 9.64 Å². The van der Waals surface area contributed by atoms with Crippen LogP contribution >= 0.6 is 11.6 Å². The molecule has 1 atom stereocenters. The summed E-state index contributed by atoms with van der Waals surface area (Å²) in [5.74, 6) is 0.155. The number of piperazine rings is 1. The zero-order chi connectivity index (χ0) is 31.1. The van der Waals surface area contributed by atoms with Gasteiger partial charge in [-0.3, -0.25) is 4.90 Å². The number of para-hydroxylation sites is 1. The van der Waals surface area contributed by atoms with Crippen molar-refractivity contribution in [2.45, 2.75) is 32.2 Å². The summed E-state index contributed by atoms with van der Waals surface area (Å²) in [5.41, 5.74) is 3.65. The Labute approximate surface area is 262 Å². The Hall–Kier alpha value is -4.19. The number of anilines is 1. The fraction of sp³-hybridized carbons (Fsp3) is 0.333. The molecule has 2 fully saturated rings. The maximum atomic E-state index is 15.1. The number of hydrogen-bond acceptors (Lipinski definition) is 8. The summed E-state index contributed by atoms with van der Waals surface area (Å²) in [7, 11) is 1.37. The highest BCUT2D eigenvalue weighted by molar-refractivity contribution is 6.35. The zero-order valence-electron chi connectivity index (χ0n) is 24.6. The molecule has 12 heteroatoms. The fourth-order valence-corrected chi connectivity index (χ4v) is 6.19. The molecule has 5 aromatic rings. The lowest BCUT2D eigenvalue weighted by Crippen LogP contribution is -2.46. The van der Waals surface area contributed by atoms with Crippen molar-refractivity contribution in [3.63, 3.8) is 0 Å². The highest BCUT2D eigenvalue weighted by Crippen LogP contribution is 2.35. The molecule has 0 saturated carbocycles. The van der Waals surface area contributed by atoms with Crippen LogP contribution in [-0.4, -0.2) is 66.4 Å². The molecule has 2 aromatic heterocycles. The van der Waals surface area contributed by atoms with Crippen LogP contribution in [0.25, 0.3) is 22.0 Å². The Balaban J connectivity index is 1.07. The van der Waals surface area contributed by atoms with Crippen LogP contribution in [-0.2, 0) is 29.2 Å². The third-order valence-electron chi connectivity index (χ3n) is 8.51. The third-order valence-corrected chi connectivity index (χ3v) is 8.84. The number of imidazole rings is 1. The van der Waals surface area contributed by atoms with Gasteiger partial charge in [0.15, 0.2) is 11.6 Å². The van der Waals surface area contributed by atoms with E-state index in [1.54, 1.807) is 24.3 Å². The topological polar surface area (TPSA) is 82.2 Å². The van der Waals surface area contributed by atoms with E-state index in [9.17, 15) is 9.18 Å². The van der Waals surface area contributed by atoms with E-state index >= 15 is 4.39 Å². The first-order valence-electron chi connectivity index (χ1n) is 14.8. The minimum absolute atomic E-state index is 0.0207. The predicted molar refractivity (Wildman–Crippen MR) is 165 cm³/mol. The summed E-state index contributed by atoms with van der Waals surface area (Å²) in [6, 6.07) is 14.1. The van der Waals surface area contributed by atoms with E-state index in [4.69, 9.17) is 35.2 Å². The van der Waals surface area contributed by atoms with Crippen molar-refractivity contribution in [1.29, 1.82) is 0 Å². The lowest BCUT2D eigenvalue weighted by molar-refractivity contribution is -0.0592. The molecule has 0 spiro atoms. The molecule has 4 heterocycles. The summed E-state index contributed by atoms with van der Waals surface area (Å²) in [6.45, 7) is 4.73. The number of halogens is 3. The van der Waals surface area contributed by atoms with Gasteiger partial charge in [0.1, 0.15) is 18.0 Å². The van der Waals surface area contributed by atoms with E-state index < -0.39 is 11.8 Å². The van der Waals surface area contributed by atoms with Gasteiger partial charge in [-0.2, -0.15) is 4.39 Å². The third kappa shape index (κ3) is 5.83. The molecular formula is C33H31ClF2N4O5. The lowest BCUT2D eigenvalue weighted by Gasteiger charge is -2.36. The Morgan fingerprint density at radius 3 is 2.67 bits per heavy atom. The largest absolute Gasteiger partial charge is 0.483 e. The number of ether oxygens (including phenoxy) is 3. The summed E-state index contributed by atoms with van der Waals surface area (Å²) in [5, 5.41) is 0.807. The molecule has 3 aromatic carbocycles. The molecule has 0 N–H and O–H groups in total. The number of rotatable bonds is 9. The van der Waals surface area contributed by atoms with Gasteiger partial charge in [0.25, 0.3) is 6.01 Å². The Morgan fingerprint density at radius 2 is 1.91 bits per heavy atom. The van der Waals surface area contributed by atoms with Crippen LogP contribution in [0.3, 0.4) is 0 Å². The first-order valence-corrected chi connectivity index (χ1v) is 15.2. The second-order valence-corrected chi connectivity index (χ2v) is 11.7. The number of fused-ring (bicyclic) bond motifs is 2. The molecule has 2 aliphatic heterocycles. The molecule has 2 aliphatic rings. The van der Waals surface area contributed by atoms with E-state index in [2.05, 4.69) is 14.4 Å². The number of aromatic nitrogens is 2. The number of carbonyl (C=O) groups excluding carboxylic acids is 1. The van der Waals surface area contributed by atoms with Gasteiger partial charge in [0, 0.05) is 49.8 Å². The minimum atomic E-state index is -0.748. The molecule has 7 rings (SSSR count). The second kappa shape index (κ2) is 12.3. The number of esters is 1. The molecule has 0 unspecified atom stereocenters. The molecule has 0 aliphatic carbocycles. The van der Waals surface area contributed by atoms with Crippen LogP contribution in [0.15, 0.2) is 59.0 Å². The second-order valence-electron chi connectivity index (χ2n) is 11.3. The number of hydrogen-bond donors (Lipinski definition) is 0. The summed E-state index contributed by atoms with van der Waals surface area (Å²) in [6.07, 6.45) is 1.09. The predicted octanol–water partition coefficient (Wildman–Crippen LogP) is 6.19. The monoisotopic (exact) mass is 636 g/mol. The molecule has 0 bridgehead atoms. The normalized spacial score (nSPS) is 17.2. The van der Waals surface area contributed by atoms with E-state index in [1.807, 2.05) is 18.2 Å². The van der Waals surface area contributed by atoms with Gasteiger partial charge in [-0.05, 0) is 42.8 Å². The number of nitrogens with zero attached hydrogens (tertiary/aromatic N) is 4. The smallest absolute Gasteiger partial charge is 0.337 e. The average Bonchev–Trinajstić information content (AvgIpc) is 3.59. The van der Waals surface area contributed by atoms with Crippen molar-refractivity contribution in [2.75, 3.05) is 44.8 Å². The summed E-state index contributed by atoms with van der Waals surface area (Å²) in [4.78, 5) is 21.5. The number of benzene rings is 3. The van der Waals surface area contributed by atoms with Gasteiger partial charge in [-0.15, -0.1) is 0 Å². The maximum absolute atomic E-state index is 15.1. The van der Waals surface area contributed by atoms with Crippen molar-refractivity contribution in [1.82, 2.24) is 14.5 Å². The quantitative estimate of drug-likeness (QED) is 0.177. The van der Waals surface area contributed by atoms with Crippen LogP contribution in [0, 0.1) is 11.8 Å². The van der Waals surface area contributed by atoms with Gasteiger partial charge in [0.2, 0.25) is 0 Å². The Bertz CT molecular complexity index is 1880. The summed E-state index contributed by atoms with van der Waals surface area (Å²) < 4.78 is 53.0. The van der Waals surface area contributed by atoms with Crippen molar-refractivity contribution >= 4 is 45.3 Å². The number of carbonyl (C=O) groups is 1. The molecule has 45 heavy (non-hydrogen) atoms. The van der Waals surface area contributed by atoms with Crippen molar-refractivity contribution < 1.29 is 32.2 Å². The SMILES string of the molecule is COC(=O)c1ccc2nc(CN3CCN(c4cccc(F)c4OCc4ccc(Cl)c5cc(F)oc45)CC3)n(C[C@@H]3CCO3)c2c1. The first-order chi connectivity index (χ1) is 21.9. The van der Waals surface area contributed by atoms with E-state index in [0.717, 1.165) is 43.0 Å². The molecule has 0 amide bonds. The van der Waals surface area contributed by atoms with E-state index in [-0.39, 0.29) is 30.0 Å². The highest BCUT2D eigenvalue weighted by atomic mass is 35.5. The van der Waals surface area contributed by atoms with Crippen molar-refractivity contribution in [3.05, 3.63) is 88.4 Å². The first kappa shape index (κ1) is 29.5. The van der Waals surface area contributed by atoms with Gasteiger partial charge < -0.3 is 28.1 Å². The maximum Gasteiger partial charge on any atom is 0.337 e. The lowest BCUT2D eigenvalue weighted by atomic mass is 10.1. The molecule has 9 nitrogen and oxygen atoms in total. The minimum Gasteiger partial charge on any atom is -0.483 e. The highest BCUT2D eigenvalue weighted by Gasteiger charge is 2.26. The fourth-order valence-electron chi connectivity index (χ4n) is 5.99. The number of methoxy groups -OCH3 is 1. The standard InChI is InChI=1S/C33H31ClF2N4O5/c1-42-33(41)20-6-8-26-28(15-20)40(17-22-9-14-43-22)30(37-26)18-38-10-12-39(13-11-38)27-4-2-3-25(35)32(27)44-19-21-5-7-24(34)23-16-29(36)45-31(21)23/h2-8,15-16,22H,9-14,17-19H2,1H3/t22-/m0/s1. The molecule has 234 valence electrons. The average molecular weight is 637 g/mol. The van der Waals surface area contributed by atoms with E-state index in [1.165, 1.54) is 19.2 Å². The Kier molecular flexibility index (Phi) is 8.07. The number of furan rings is 1. The van der Waals surface area contributed by atoms with Crippen LogP contribution in [0.2, 0.25) is 5.02 Å². The van der Waals surface area contributed by atoms with Crippen molar-refractivity contribution in [2.24, 2.45) is 0 Å². The molecule has 2 saturated heterocycles. The van der Waals surface area contributed by atoms with Gasteiger partial charge >= 0.3 is 5.97 Å². The van der Waals surface area contributed by atoms with Crippen LogP contribution in [0.1, 0.15) is 28.2 Å². The Morgan fingerprint density at radius 1 is 1.09 bits per heavy atom. The summed E-state index contributed by atoms with van der Waals surface area (Å²) >= 11 is 6.19. The van der Waals surface area contributed by atoms with Crippen LogP contribution in [0.4, 0.5) is 14.5 Å².